The first-order valence-corrected chi connectivity index (χ1v) is 8.03. The molecule has 2 aliphatic rings. The summed E-state index contributed by atoms with van der Waals surface area (Å²) in [5.74, 6) is -4.48. The Morgan fingerprint density at radius 2 is 2.08 bits per heavy atom. The van der Waals surface area contributed by atoms with Crippen LogP contribution in [0.3, 0.4) is 0 Å². The summed E-state index contributed by atoms with van der Waals surface area (Å²) >= 11 is 0. The molecule has 0 radical (unpaired) electrons. The molecule has 1 unspecified atom stereocenters. The molecule has 8 heteroatoms. The smallest absolute Gasteiger partial charge is 0.341 e. The van der Waals surface area contributed by atoms with E-state index in [1.807, 2.05) is 0 Å². The minimum Gasteiger partial charge on any atom is -0.485 e. The highest BCUT2D eigenvalue weighted by Crippen LogP contribution is 2.49. The SMILES string of the molecule is CC1CC2(CCC2)n2cc(C(=O)O)c(=O)c3c(N)c(F)c(F)c(c32)O1. The zero-order chi connectivity index (χ0) is 18.1. The summed E-state index contributed by atoms with van der Waals surface area (Å²) in [5, 5.41) is 9.04. The van der Waals surface area contributed by atoms with Gasteiger partial charge in [0.05, 0.1) is 17.2 Å². The van der Waals surface area contributed by atoms with Gasteiger partial charge in [-0.3, -0.25) is 4.79 Å². The van der Waals surface area contributed by atoms with E-state index < -0.39 is 45.9 Å². The number of rotatable bonds is 1. The number of aromatic nitrogens is 1. The maximum absolute atomic E-state index is 14.5. The highest BCUT2D eigenvalue weighted by Gasteiger charge is 2.44. The number of nitrogens with zero attached hydrogens (tertiary/aromatic N) is 1. The summed E-state index contributed by atoms with van der Waals surface area (Å²) in [4.78, 5) is 24.1. The first-order valence-electron chi connectivity index (χ1n) is 8.03. The molecule has 1 spiro atoms. The van der Waals surface area contributed by atoms with Gasteiger partial charge >= 0.3 is 5.97 Å². The van der Waals surface area contributed by atoms with Crippen LogP contribution >= 0.6 is 0 Å². The number of carbonyl (C=O) groups is 1. The number of nitrogens with two attached hydrogens (primary N) is 1. The fourth-order valence-electron chi connectivity index (χ4n) is 4.06. The average Bonchev–Trinajstić information content (AvgIpc) is 2.65. The van der Waals surface area contributed by atoms with E-state index in [0.29, 0.717) is 6.42 Å². The van der Waals surface area contributed by atoms with Crippen LogP contribution in [0.25, 0.3) is 10.9 Å². The molecule has 0 bridgehead atoms. The lowest BCUT2D eigenvalue weighted by Gasteiger charge is -2.44. The van der Waals surface area contributed by atoms with Crippen molar-refractivity contribution in [3.05, 3.63) is 33.6 Å². The Bertz CT molecular complexity index is 995. The predicted octanol–water partition coefficient (Wildman–Crippen LogP) is 2.61. The van der Waals surface area contributed by atoms with Crippen molar-refractivity contribution in [3.8, 4) is 5.75 Å². The molecule has 6 nitrogen and oxygen atoms in total. The second-order valence-corrected chi connectivity index (χ2v) is 6.85. The molecule has 1 aromatic carbocycles. The molecule has 1 aromatic heterocycles. The van der Waals surface area contributed by atoms with E-state index in [9.17, 15) is 23.5 Å². The number of halogens is 2. The van der Waals surface area contributed by atoms with Crippen molar-refractivity contribution in [3.63, 3.8) is 0 Å². The van der Waals surface area contributed by atoms with Crippen LogP contribution in [0.4, 0.5) is 14.5 Å². The number of fused-ring (bicyclic) bond motifs is 1. The molecule has 2 aromatic rings. The summed E-state index contributed by atoms with van der Waals surface area (Å²) in [7, 11) is 0. The van der Waals surface area contributed by atoms with E-state index in [1.54, 1.807) is 11.5 Å². The zero-order valence-electron chi connectivity index (χ0n) is 13.4. The highest BCUT2D eigenvalue weighted by molar-refractivity contribution is 6.00. The third-order valence-electron chi connectivity index (χ3n) is 5.33. The van der Waals surface area contributed by atoms with Crippen molar-refractivity contribution < 1.29 is 23.4 Å². The zero-order valence-corrected chi connectivity index (χ0v) is 13.4. The second kappa shape index (κ2) is 4.93. The number of benzene rings is 1. The normalized spacial score (nSPS) is 20.8. The van der Waals surface area contributed by atoms with Gasteiger partial charge in [-0.1, -0.05) is 0 Å². The van der Waals surface area contributed by atoms with E-state index in [-0.39, 0.29) is 16.7 Å². The average molecular weight is 350 g/mol. The van der Waals surface area contributed by atoms with Crippen molar-refractivity contribution in [2.24, 2.45) is 0 Å². The van der Waals surface area contributed by atoms with Crippen LogP contribution in [0.2, 0.25) is 0 Å². The minimum atomic E-state index is -1.44. The molecule has 25 heavy (non-hydrogen) atoms. The van der Waals surface area contributed by atoms with Crippen molar-refractivity contribution in [1.29, 1.82) is 0 Å². The van der Waals surface area contributed by atoms with Crippen LogP contribution in [0.5, 0.6) is 5.75 Å². The number of anilines is 1. The lowest BCUT2D eigenvalue weighted by molar-refractivity contribution is 0.0686. The molecule has 4 rings (SSSR count). The van der Waals surface area contributed by atoms with Gasteiger partial charge in [-0.2, -0.15) is 4.39 Å². The molecular formula is C17H16F2N2O4. The summed E-state index contributed by atoms with van der Waals surface area (Å²) in [6.45, 7) is 1.74. The molecule has 0 amide bonds. The number of carboxylic acid groups (broad SMARTS) is 1. The van der Waals surface area contributed by atoms with Gasteiger partial charge in [0, 0.05) is 18.2 Å². The van der Waals surface area contributed by atoms with Gasteiger partial charge in [-0.05, 0) is 26.2 Å². The number of nitrogen functional groups attached to an aromatic ring is 1. The number of pyridine rings is 1. The Labute approximate surface area is 140 Å². The second-order valence-electron chi connectivity index (χ2n) is 6.85. The van der Waals surface area contributed by atoms with Gasteiger partial charge in [0.25, 0.3) is 0 Å². The Kier molecular flexibility index (Phi) is 3.13. The number of carboxylic acids is 1. The molecule has 132 valence electrons. The van der Waals surface area contributed by atoms with Crippen LogP contribution in [0.1, 0.15) is 43.0 Å². The van der Waals surface area contributed by atoms with Gasteiger partial charge in [0.2, 0.25) is 11.2 Å². The minimum absolute atomic E-state index is 0.0375. The van der Waals surface area contributed by atoms with Crippen molar-refractivity contribution in [2.75, 3.05) is 5.73 Å². The fraction of sp³-hybridized carbons (Fsp3) is 0.412. The summed E-state index contributed by atoms with van der Waals surface area (Å²) < 4.78 is 35.9. The number of hydrogen-bond acceptors (Lipinski definition) is 4. The first kappa shape index (κ1) is 15.9. The van der Waals surface area contributed by atoms with E-state index in [4.69, 9.17) is 10.5 Å². The Morgan fingerprint density at radius 3 is 2.64 bits per heavy atom. The number of aromatic carboxylic acids is 1. The quantitative estimate of drug-likeness (QED) is 0.771. The Hall–Kier alpha value is -2.64. The van der Waals surface area contributed by atoms with Crippen molar-refractivity contribution in [1.82, 2.24) is 4.57 Å². The highest BCUT2D eigenvalue weighted by atomic mass is 19.2. The van der Waals surface area contributed by atoms with Gasteiger partial charge in [0.15, 0.2) is 11.6 Å². The molecule has 1 saturated carbocycles. The van der Waals surface area contributed by atoms with Crippen LogP contribution in [0.15, 0.2) is 11.0 Å². The standard InChI is InChI=1S/C17H16F2N2O4/c1-7-5-17(3-2-4-17)21-6-8(16(23)24)14(22)9-12(20)10(18)11(19)15(25-7)13(9)21/h6-7H,2-5,20H2,1H3,(H,23,24). The predicted molar refractivity (Wildman–Crippen MR) is 86.0 cm³/mol. The van der Waals surface area contributed by atoms with Crippen molar-refractivity contribution in [2.45, 2.75) is 44.2 Å². The molecule has 2 heterocycles. The van der Waals surface area contributed by atoms with Crippen LogP contribution in [0, 0.1) is 11.6 Å². The number of ether oxygens (including phenoxy) is 1. The lowest BCUT2D eigenvalue weighted by atomic mass is 9.72. The van der Waals surface area contributed by atoms with E-state index in [0.717, 1.165) is 19.3 Å². The topological polar surface area (TPSA) is 94.6 Å². The molecule has 1 aliphatic carbocycles. The molecule has 3 N–H and O–H groups in total. The molecule has 1 atom stereocenters. The van der Waals surface area contributed by atoms with Crippen LogP contribution in [-0.2, 0) is 5.54 Å². The Balaban J connectivity index is 2.26. The third-order valence-corrected chi connectivity index (χ3v) is 5.33. The van der Waals surface area contributed by atoms with Gasteiger partial charge in [0.1, 0.15) is 11.1 Å². The van der Waals surface area contributed by atoms with E-state index >= 15 is 0 Å². The maximum Gasteiger partial charge on any atom is 0.341 e. The van der Waals surface area contributed by atoms with Crippen molar-refractivity contribution >= 4 is 22.6 Å². The first-order chi connectivity index (χ1) is 11.8. The lowest BCUT2D eigenvalue weighted by Crippen LogP contribution is -2.43. The van der Waals surface area contributed by atoms with E-state index in [2.05, 4.69) is 0 Å². The monoisotopic (exact) mass is 350 g/mol. The summed E-state index contributed by atoms with van der Waals surface area (Å²) in [6.07, 6.45) is 3.67. The van der Waals surface area contributed by atoms with E-state index in [1.165, 1.54) is 6.20 Å². The fourth-order valence-corrected chi connectivity index (χ4v) is 4.06. The third kappa shape index (κ3) is 1.93. The molecule has 1 fully saturated rings. The molecular weight excluding hydrogens is 334 g/mol. The van der Waals surface area contributed by atoms with Gasteiger partial charge < -0.3 is 20.1 Å². The Morgan fingerprint density at radius 1 is 1.40 bits per heavy atom. The van der Waals surface area contributed by atoms with Gasteiger partial charge in [-0.25, -0.2) is 9.18 Å². The van der Waals surface area contributed by atoms with Crippen LogP contribution in [-0.4, -0.2) is 21.7 Å². The van der Waals surface area contributed by atoms with Gasteiger partial charge in [-0.15, -0.1) is 0 Å². The maximum atomic E-state index is 14.5. The number of hydrogen-bond donors (Lipinski definition) is 2. The largest absolute Gasteiger partial charge is 0.485 e. The molecule has 1 aliphatic heterocycles. The summed E-state index contributed by atoms with van der Waals surface area (Å²) in [5.41, 5.74) is 3.06. The van der Waals surface area contributed by atoms with Crippen LogP contribution < -0.4 is 15.9 Å². The molecule has 0 saturated heterocycles. The summed E-state index contributed by atoms with van der Waals surface area (Å²) in [6, 6.07) is 0.